The zero-order valence-electron chi connectivity index (χ0n) is 10.3. The Morgan fingerprint density at radius 2 is 2.41 bits per heavy atom. The molecule has 1 fully saturated rings. The van der Waals surface area contributed by atoms with Crippen LogP contribution in [0, 0.1) is 0 Å². The normalized spacial score (nSPS) is 23.7. The number of likely N-dealkylation sites (tertiary alicyclic amines) is 1. The van der Waals surface area contributed by atoms with Crippen molar-refractivity contribution in [1.82, 2.24) is 4.90 Å². The summed E-state index contributed by atoms with van der Waals surface area (Å²) in [7, 11) is 0. The van der Waals surface area contributed by atoms with Crippen molar-refractivity contribution >= 4 is 17.2 Å². The van der Waals surface area contributed by atoms with Crippen molar-refractivity contribution in [3.8, 4) is 0 Å². The molecular formula is C13H19NO2S. The topological polar surface area (TPSA) is 40.5 Å². The van der Waals surface area contributed by atoms with Crippen LogP contribution in [-0.2, 0) is 11.2 Å². The maximum atomic E-state index is 12.2. The molecule has 0 radical (unpaired) electrons. The van der Waals surface area contributed by atoms with E-state index in [1.54, 1.807) is 11.3 Å². The van der Waals surface area contributed by atoms with Crippen molar-refractivity contribution in [3.63, 3.8) is 0 Å². The molecule has 0 bridgehead atoms. The molecule has 1 saturated heterocycles. The van der Waals surface area contributed by atoms with Gasteiger partial charge in [-0.3, -0.25) is 4.79 Å². The van der Waals surface area contributed by atoms with Crippen molar-refractivity contribution in [1.29, 1.82) is 0 Å². The van der Waals surface area contributed by atoms with Gasteiger partial charge in [0.25, 0.3) is 0 Å². The number of carbonyl (C=O) groups excluding carboxylic acids is 1. The van der Waals surface area contributed by atoms with Gasteiger partial charge in [-0.05, 0) is 38.1 Å². The first-order valence-electron chi connectivity index (χ1n) is 6.00. The Kier molecular flexibility index (Phi) is 3.54. The minimum Gasteiger partial charge on any atom is -0.391 e. The average molecular weight is 253 g/mol. The molecule has 1 atom stereocenters. The number of thiophene rings is 1. The van der Waals surface area contributed by atoms with E-state index in [0.29, 0.717) is 13.0 Å². The van der Waals surface area contributed by atoms with E-state index >= 15 is 0 Å². The third-order valence-electron chi connectivity index (χ3n) is 3.42. The monoisotopic (exact) mass is 253 g/mol. The van der Waals surface area contributed by atoms with E-state index in [-0.39, 0.29) is 17.6 Å². The first-order chi connectivity index (χ1) is 7.99. The molecular weight excluding hydrogens is 234 g/mol. The SMILES string of the molecule is CC1(C)CCC(O)CN1C(=O)Cc1cccs1. The minimum atomic E-state index is -0.365. The Hall–Kier alpha value is -0.870. The number of β-amino-alcohol motifs (C(OH)–C–C–N with tert-alkyl or cyclic N) is 1. The summed E-state index contributed by atoms with van der Waals surface area (Å²) < 4.78 is 0. The first kappa shape index (κ1) is 12.6. The molecule has 3 nitrogen and oxygen atoms in total. The van der Waals surface area contributed by atoms with Crippen molar-refractivity contribution < 1.29 is 9.90 Å². The number of rotatable bonds is 2. The predicted molar refractivity (Wildman–Crippen MR) is 69.1 cm³/mol. The van der Waals surface area contributed by atoms with Gasteiger partial charge in [0.15, 0.2) is 0 Å². The van der Waals surface area contributed by atoms with Gasteiger partial charge in [-0.1, -0.05) is 6.07 Å². The number of aliphatic hydroxyl groups excluding tert-OH is 1. The Balaban J connectivity index is 2.06. The lowest BCUT2D eigenvalue weighted by Crippen LogP contribution is -2.55. The van der Waals surface area contributed by atoms with Gasteiger partial charge in [-0.15, -0.1) is 11.3 Å². The third-order valence-corrected chi connectivity index (χ3v) is 4.30. The summed E-state index contributed by atoms with van der Waals surface area (Å²) in [5.41, 5.74) is -0.131. The molecule has 4 heteroatoms. The highest BCUT2D eigenvalue weighted by molar-refractivity contribution is 7.10. The number of piperidine rings is 1. The Morgan fingerprint density at radius 1 is 1.65 bits per heavy atom. The fourth-order valence-electron chi connectivity index (χ4n) is 2.30. The average Bonchev–Trinajstić information content (AvgIpc) is 2.74. The standard InChI is InChI=1S/C13H19NO2S/c1-13(2)6-5-10(15)9-14(13)12(16)8-11-4-3-7-17-11/h3-4,7,10,15H,5-6,8-9H2,1-2H3. The van der Waals surface area contributed by atoms with Crippen LogP contribution in [0.25, 0.3) is 0 Å². The molecule has 2 rings (SSSR count). The molecule has 0 aliphatic carbocycles. The number of hydrogen-bond acceptors (Lipinski definition) is 3. The van der Waals surface area contributed by atoms with Gasteiger partial charge in [0, 0.05) is 17.0 Å². The summed E-state index contributed by atoms with van der Waals surface area (Å²) in [6, 6.07) is 3.94. The molecule has 1 aliphatic heterocycles. The van der Waals surface area contributed by atoms with Gasteiger partial charge in [0.1, 0.15) is 0 Å². The molecule has 0 aromatic carbocycles. The van der Waals surface area contributed by atoms with Crippen molar-refractivity contribution in [2.45, 2.75) is 44.8 Å². The fourth-order valence-corrected chi connectivity index (χ4v) is 3.00. The van der Waals surface area contributed by atoms with Gasteiger partial charge >= 0.3 is 0 Å². The quantitative estimate of drug-likeness (QED) is 0.876. The summed E-state index contributed by atoms with van der Waals surface area (Å²) in [6.45, 7) is 4.62. The molecule has 0 spiro atoms. The third kappa shape index (κ3) is 2.87. The predicted octanol–water partition coefficient (Wildman–Crippen LogP) is 2.05. The number of aliphatic hydroxyl groups is 1. The lowest BCUT2D eigenvalue weighted by atomic mass is 9.89. The highest BCUT2D eigenvalue weighted by atomic mass is 32.1. The largest absolute Gasteiger partial charge is 0.391 e. The number of nitrogens with zero attached hydrogens (tertiary/aromatic N) is 1. The van der Waals surface area contributed by atoms with Crippen LogP contribution >= 0.6 is 11.3 Å². The molecule has 94 valence electrons. The second-order valence-corrected chi connectivity index (χ2v) is 6.30. The molecule has 1 aliphatic rings. The lowest BCUT2D eigenvalue weighted by Gasteiger charge is -2.44. The van der Waals surface area contributed by atoms with E-state index in [9.17, 15) is 9.90 Å². The Bertz CT molecular complexity index is 386. The van der Waals surface area contributed by atoms with E-state index < -0.39 is 0 Å². The van der Waals surface area contributed by atoms with Gasteiger partial charge in [-0.2, -0.15) is 0 Å². The molecule has 1 amide bonds. The number of amides is 1. The van der Waals surface area contributed by atoms with Crippen molar-refractivity contribution in [3.05, 3.63) is 22.4 Å². The molecule has 0 saturated carbocycles. The fraction of sp³-hybridized carbons (Fsp3) is 0.615. The van der Waals surface area contributed by atoms with Crippen molar-refractivity contribution in [2.24, 2.45) is 0 Å². The number of carbonyl (C=O) groups is 1. The van der Waals surface area contributed by atoms with Gasteiger partial charge < -0.3 is 10.0 Å². The second kappa shape index (κ2) is 4.78. The summed E-state index contributed by atoms with van der Waals surface area (Å²) in [6.07, 6.45) is 1.74. The smallest absolute Gasteiger partial charge is 0.228 e. The summed E-state index contributed by atoms with van der Waals surface area (Å²) >= 11 is 1.61. The zero-order chi connectivity index (χ0) is 12.5. The first-order valence-corrected chi connectivity index (χ1v) is 6.88. The number of hydrogen-bond donors (Lipinski definition) is 1. The van der Waals surface area contributed by atoms with Crippen LogP contribution in [0.5, 0.6) is 0 Å². The van der Waals surface area contributed by atoms with Gasteiger partial charge in [0.05, 0.1) is 12.5 Å². The van der Waals surface area contributed by atoms with E-state index in [1.807, 2.05) is 22.4 Å². The summed E-state index contributed by atoms with van der Waals surface area (Å²) in [4.78, 5) is 15.2. The van der Waals surface area contributed by atoms with Crippen LogP contribution < -0.4 is 0 Å². The Labute approximate surface area is 106 Å². The van der Waals surface area contributed by atoms with Crippen LogP contribution in [-0.4, -0.2) is 34.1 Å². The molecule has 1 aromatic heterocycles. The second-order valence-electron chi connectivity index (χ2n) is 5.27. The van der Waals surface area contributed by atoms with Gasteiger partial charge in [0.2, 0.25) is 5.91 Å². The summed E-state index contributed by atoms with van der Waals surface area (Å²) in [5, 5.41) is 11.7. The Morgan fingerprint density at radius 3 is 3.06 bits per heavy atom. The molecule has 1 N–H and O–H groups in total. The minimum absolute atomic E-state index is 0.121. The highest BCUT2D eigenvalue weighted by Gasteiger charge is 2.36. The molecule has 17 heavy (non-hydrogen) atoms. The molecule has 1 aromatic rings. The zero-order valence-corrected chi connectivity index (χ0v) is 11.2. The van der Waals surface area contributed by atoms with E-state index in [2.05, 4.69) is 13.8 Å². The van der Waals surface area contributed by atoms with Crippen molar-refractivity contribution in [2.75, 3.05) is 6.54 Å². The van der Waals surface area contributed by atoms with E-state index in [1.165, 1.54) is 0 Å². The lowest BCUT2D eigenvalue weighted by molar-refractivity contribution is -0.141. The highest BCUT2D eigenvalue weighted by Crippen LogP contribution is 2.28. The molecule has 1 unspecified atom stereocenters. The van der Waals surface area contributed by atoms with Crippen LogP contribution in [0.4, 0.5) is 0 Å². The maximum Gasteiger partial charge on any atom is 0.228 e. The van der Waals surface area contributed by atoms with E-state index in [0.717, 1.165) is 17.7 Å². The van der Waals surface area contributed by atoms with E-state index in [4.69, 9.17) is 0 Å². The van der Waals surface area contributed by atoms with Crippen LogP contribution in [0.1, 0.15) is 31.6 Å². The summed E-state index contributed by atoms with van der Waals surface area (Å²) in [5.74, 6) is 0.121. The van der Waals surface area contributed by atoms with Gasteiger partial charge in [-0.25, -0.2) is 0 Å². The van der Waals surface area contributed by atoms with Crippen LogP contribution in [0.3, 0.4) is 0 Å². The van der Waals surface area contributed by atoms with Crippen LogP contribution in [0.2, 0.25) is 0 Å². The molecule has 2 heterocycles. The maximum absolute atomic E-state index is 12.2. The van der Waals surface area contributed by atoms with Crippen LogP contribution in [0.15, 0.2) is 17.5 Å².